The van der Waals surface area contributed by atoms with Crippen LogP contribution in [0.2, 0.25) is 0 Å². The van der Waals surface area contributed by atoms with E-state index in [2.05, 4.69) is 10.3 Å². The van der Waals surface area contributed by atoms with Crippen LogP contribution in [-0.4, -0.2) is 42.0 Å². The quantitative estimate of drug-likeness (QED) is 0.899. The van der Waals surface area contributed by atoms with Gasteiger partial charge in [0.15, 0.2) is 0 Å². The van der Waals surface area contributed by atoms with Crippen molar-refractivity contribution >= 4 is 5.91 Å². The number of carbonyl (C=O) groups is 1. The molecule has 0 radical (unpaired) electrons. The monoisotopic (exact) mass is 351 g/mol. The summed E-state index contributed by atoms with van der Waals surface area (Å²) in [5, 5.41) is 3.44. The number of carbonyl (C=O) groups excluding carboxylic acids is 1. The van der Waals surface area contributed by atoms with Gasteiger partial charge in [-0.3, -0.25) is 9.78 Å². The molecular formula is C21H25N3O2. The number of rotatable bonds is 5. The summed E-state index contributed by atoms with van der Waals surface area (Å²) < 4.78 is 5.75. The molecule has 0 saturated carbocycles. The molecule has 1 spiro atoms. The van der Waals surface area contributed by atoms with E-state index in [9.17, 15) is 4.79 Å². The van der Waals surface area contributed by atoms with Crippen LogP contribution >= 0.6 is 0 Å². The maximum atomic E-state index is 12.6. The Hall–Kier alpha value is -2.40. The van der Waals surface area contributed by atoms with E-state index in [1.807, 2.05) is 47.4 Å². The van der Waals surface area contributed by atoms with Gasteiger partial charge in [-0.05, 0) is 49.2 Å². The highest BCUT2D eigenvalue weighted by atomic mass is 16.5. The number of nitrogens with one attached hydrogen (secondary N) is 1. The van der Waals surface area contributed by atoms with Crippen molar-refractivity contribution in [3.8, 4) is 5.75 Å². The number of nitrogens with zero attached hydrogens (tertiary/aromatic N) is 2. The predicted molar refractivity (Wildman–Crippen MR) is 99.8 cm³/mol. The zero-order valence-corrected chi connectivity index (χ0v) is 15.0. The van der Waals surface area contributed by atoms with Crippen molar-refractivity contribution in [2.75, 3.05) is 26.2 Å². The molecule has 1 aromatic carbocycles. The number of ether oxygens (including phenoxy) is 1. The summed E-state index contributed by atoms with van der Waals surface area (Å²) in [5.74, 6) is 1.03. The number of likely N-dealkylation sites (tertiary alicyclic amines) is 1. The molecule has 1 aromatic heterocycles. The fraction of sp³-hybridized carbons (Fsp3) is 0.429. The average Bonchev–Trinajstić information content (AvgIpc) is 3.32. The summed E-state index contributed by atoms with van der Waals surface area (Å²) in [6.45, 7) is 4.39. The lowest BCUT2D eigenvalue weighted by Crippen LogP contribution is -2.34. The third kappa shape index (κ3) is 3.88. The van der Waals surface area contributed by atoms with E-state index in [-0.39, 0.29) is 5.91 Å². The van der Waals surface area contributed by atoms with E-state index >= 15 is 0 Å². The zero-order valence-electron chi connectivity index (χ0n) is 15.0. The lowest BCUT2D eigenvalue weighted by molar-refractivity contribution is -0.129. The first kappa shape index (κ1) is 17.0. The number of benzene rings is 1. The summed E-state index contributed by atoms with van der Waals surface area (Å²) in [7, 11) is 0. The Labute approximate surface area is 154 Å². The van der Waals surface area contributed by atoms with Crippen LogP contribution in [-0.2, 0) is 17.8 Å². The Kier molecular flexibility index (Phi) is 4.89. The summed E-state index contributed by atoms with van der Waals surface area (Å²) in [6, 6.07) is 13.6. The fourth-order valence-corrected chi connectivity index (χ4v) is 3.92. The molecule has 2 saturated heterocycles. The van der Waals surface area contributed by atoms with Crippen molar-refractivity contribution < 1.29 is 9.53 Å². The topological polar surface area (TPSA) is 54.5 Å². The molecule has 136 valence electrons. The second kappa shape index (κ2) is 7.46. The third-order valence-corrected chi connectivity index (χ3v) is 5.51. The van der Waals surface area contributed by atoms with Gasteiger partial charge < -0.3 is 15.0 Å². The van der Waals surface area contributed by atoms with Crippen molar-refractivity contribution in [3.63, 3.8) is 0 Å². The van der Waals surface area contributed by atoms with Crippen molar-refractivity contribution in [2.24, 2.45) is 5.41 Å². The molecule has 5 heteroatoms. The fourth-order valence-electron chi connectivity index (χ4n) is 3.92. The number of pyridine rings is 1. The van der Waals surface area contributed by atoms with E-state index in [1.54, 1.807) is 6.20 Å². The summed E-state index contributed by atoms with van der Waals surface area (Å²) in [6.07, 6.45) is 4.55. The Morgan fingerprint density at radius 3 is 2.81 bits per heavy atom. The Bertz CT molecular complexity index is 740. The SMILES string of the molecule is O=C(Cc1ccc(OCc2ccccn2)cc1)N1CCC2(CCNC2)C1. The average molecular weight is 351 g/mol. The molecule has 0 bridgehead atoms. The minimum absolute atomic E-state index is 0.232. The first-order valence-corrected chi connectivity index (χ1v) is 9.33. The van der Waals surface area contributed by atoms with E-state index in [1.165, 1.54) is 6.42 Å². The van der Waals surface area contributed by atoms with Crippen LogP contribution in [0.3, 0.4) is 0 Å². The van der Waals surface area contributed by atoms with Gasteiger partial charge >= 0.3 is 0 Å². The number of hydrogen-bond acceptors (Lipinski definition) is 4. The maximum Gasteiger partial charge on any atom is 0.227 e. The first-order chi connectivity index (χ1) is 12.7. The maximum absolute atomic E-state index is 12.6. The lowest BCUT2D eigenvalue weighted by atomic mass is 9.86. The van der Waals surface area contributed by atoms with Crippen LogP contribution in [0.25, 0.3) is 0 Å². The second-order valence-electron chi connectivity index (χ2n) is 7.42. The van der Waals surface area contributed by atoms with Gasteiger partial charge in [0.05, 0.1) is 12.1 Å². The highest BCUT2D eigenvalue weighted by Crippen LogP contribution is 2.36. The minimum atomic E-state index is 0.232. The van der Waals surface area contributed by atoms with Crippen molar-refractivity contribution in [1.82, 2.24) is 15.2 Å². The number of amides is 1. The Morgan fingerprint density at radius 2 is 2.08 bits per heavy atom. The number of hydrogen-bond donors (Lipinski definition) is 1. The Balaban J connectivity index is 1.29. The van der Waals surface area contributed by atoms with Crippen LogP contribution < -0.4 is 10.1 Å². The normalized spacial score (nSPS) is 22.1. The third-order valence-electron chi connectivity index (χ3n) is 5.51. The zero-order chi connectivity index (χ0) is 17.8. The van der Waals surface area contributed by atoms with E-state index < -0.39 is 0 Å². The van der Waals surface area contributed by atoms with E-state index in [0.29, 0.717) is 18.4 Å². The molecule has 2 fully saturated rings. The van der Waals surface area contributed by atoms with Gasteiger partial charge in [0.25, 0.3) is 0 Å². The minimum Gasteiger partial charge on any atom is -0.487 e. The van der Waals surface area contributed by atoms with Crippen molar-refractivity contribution in [3.05, 3.63) is 59.9 Å². The first-order valence-electron chi connectivity index (χ1n) is 9.33. The van der Waals surface area contributed by atoms with Crippen LogP contribution in [0.15, 0.2) is 48.7 Å². The smallest absolute Gasteiger partial charge is 0.227 e. The van der Waals surface area contributed by atoms with E-state index in [4.69, 9.17) is 4.74 Å². The van der Waals surface area contributed by atoms with Crippen molar-refractivity contribution in [1.29, 1.82) is 0 Å². The lowest BCUT2D eigenvalue weighted by Gasteiger charge is -2.22. The number of aromatic nitrogens is 1. The highest BCUT2D eigenvalue weighted by Gasteiger charge is 2.41. The van der Waals surface area contributed by atoms with Gasteiger partial charge in [0.1, 0.15) is 12.4 Å². The van der Waals surface area contributed by atoms with Crippen molar-refractivity contribution in [2.45, 2.75) is 25.9 Å². The molecule has 1 amide bonds. The van der Waals surface area contributed by atoms with Gasteiger partial charge in [-0.1, -0.05) is 18.2 Å². The van der Waals surface area contributed by atoms with Gasteiger partial charge in [0.2, 0.25) is 5.91 Å². The molecule has 1 atom stereocenters. The molecule has 2 aromatic rings. The second-order valence-corrected chi connectivity index (χ2v) is 7.42. The molecule has 5 nitrogen and oxygen atoms in total. The van der Waals surface area contributed by atoms with E-state index in [0.717, 1.165) is 49.6 Å². The largest absolute Gasteiger partial charge is 0.487 e. The van der Waals surface area contributed by atoms with Crippen LogP contribution in [0, 0.1) is 5.41 Å². The van der Waals surface area contributed by atoms with Crippen LogP contribution in [0.4, 0.5) is 0 Å². The standard InChI is InChI=1S/C21H25N3O2/c25-20(24-12-9-21(16-24)8-11-22-15-21)13-17-4-6-19(7-5-17)26-14-18-3-1-2-10-23-18/h1-7,10,22H,8-9,11-16H2. The van der Waals surface area contributed by atoms with Gasteiger partial charge in [-0.25, -0.2) is 0 Å². The molecule has 2 aliphatic rings. The molecule has 26 heavy (non-hydrogen) atoms. The summed E-state index contributed by atoms with van der Waals surface area (Å²) >= 11 is 0. The molecule has 1 unspecified atom stereocenters. The highest BCUT2D eigenvalue weighted by molar-refractivity contribution is 5.79. The molecule has 2 aliphatic heterocycles. The Morgan fingerprint density at radius 1 is 1.19 bits per heavy atom. The molecule has 0 aliphatic carbocycles. The van der Waals surface area contributed by atoms with Gasteiger partial charge in [-0.15, -0.1) is 0 Å². The van der Waals surface area contributed by atoms with Gasteiger partial charge in [-0.2, -0.15) is 0 Å². The van der Waals surface area contributed by atoms with Crippen LogP contribution in [0.5, 0.6) is 5.75 Å². The predicted octanol–water partition coefficient (Wildman–Crippen LogP) is 2.42. The molecule has 3 heterocycles. The summed E-state index contributed by atoms with van der Waals surface area (Å²) in [4.78, 5) is 18.9. The summed E-state index contributed by atoms with van der Waals surface area (Å²) in [5.41, 5.74) is 2.26. The molecule has 4 rings (SSSR count). The van der Waals surface area contributed by atoms with Crippen LogP contribution in [0.1, 0.15) is 24.1 Å². The molecule has 1 N–H and O–H groups in total. The molecular weight excluding hydrogens is 326 g/mol. The van der Waals surface area contributed by atoms with Gasteiger partial charge in [0, 0.05) is 31.2 Å².